The number of hydrogen-bond donors (Lipinski definition) is 1. The highest BCUT2D eigenvalue weighted by Gasteiger charge is 2.41. The van der Waals surface area contributed by atoms with E-state index in [4.69, 9.17) is 9.47 Å². The number of carbonyl (C=O) groups is 4. The van der Waals surface area contributed by atoms with E-state index in [2.05, 4.69) is 17.4 Å². The summed E-state index contributed by atoms with van der Waals surface area (Å²) in [7, 11) is 0. The maximum Gasteiger partial charge on any atom is 0.407 e. The molecule has 0 aliphatic heterocycles. The summed E-state index contributed by atoms with van der Waals surface area (Å²) in [5, 5.41) is 5.57. The van der Waals surface area contributed by atoms with Gasteiger partial charge in [0.1, 0.15) is 18.2 Å². The van der Waals surface area contributed by atoms with Gasteiger partial charge in [-0.3, -0.25) is 9.59 Å². The van der Waals surface area contributed by atoms with Crippen molar-refractivity contribution in [3.05, 3.63) is 138 Å². The van der Waals surface area contributed by atoms with Gasteiger partial charge in [0.15, 0.2) is 6.04 Å². The molecule has 4 aromatic carbocycles. The summed E-state index contributed by atoms with van der Waals surface area (Å²) in [5.74, 6) is -1.65. The van der Waals surface area contributed by atoms with Crippen LogP contribution in [0, 0.1) is 11.8 Å². The SMILES string of the molecule is CC(C)CCC(=O)N([C@@H](CC=Cc1ccccc1)C(=O)OC(C)(C)C)N(CC(C)C)C(=O)[C@@H](Cc1ccccc1)NC(=O)OCC1c2ccccc2-c2ccccc21. The molecule has 3 amide bonds. The number of hydrazine groups is 1. The van der Waals surface area contributed by atoms with Crippen molar-refractivity contribution in [2.24, 2.45) is 11.8 Å². The third-order valence-corrected chi connectivity index (χ3v) is 9.90. The largest absolute Gasteiger partial charge is 0.458 e. The van der Waals surface area contributed by atoms with Gasteiger partial charge in [0, 0.05) is 25.3 Å². The molecule has 58 heavy (non-hydrogen) atoms. The lowest BCUT2D eigenvalue weighted by Crippen LogP contribution is -2.62. The molecule has 0 saturated heterocycles. The van der Waals surface area contributed by atoms with Crippen LogP contribution in [0.3, 0.4) is 0 Å². The Labute approximate surface area is 344 Å². The minimum Gasteiger partial charge on any atom is -0.458 e. The second-order valence-electron chi connectivity index (χ2n) is 16.8. The number of rotatable bonds is 16. The summed E-state index contributed by atoms with van der Waals surface area (Å²) < 4.78 is 11.9. The minimum atomic E-state index is -1.17. The molecule has 0 radical (unpaired) electrons. The Morgan fingerprint density at radius 1 is 0.759 bits per heavy atom. The van der Waals surface area contributed by atoms with E-state index in [1.807, 2.05) is 137 Å². The molecule has 4 aromatic rings. The molecule has 0 unspecified atom stereocenters. The first-order chi connectivity index (χ1) is 27.7. The van der Waals surface area contributed by atoms with Crippen molar-refractivity contribution in [2.75, 3.05) is 13.2 Å². The molecule has 0 bridgehead atoms. The van der Waals surface area contributed by atoms with Crippen LogP contribution < -0.4 is 5.32 Å². The molecule has 0 spiro atoms. The van der Waals surface area contributed by atoms with Gasteiger partial charge < -0.3 is 14.8 Å². The number of carbonyl (C=O) groups excluding carboxylic acids is 4. The van der Waals surface area contributed by atoms with E-state index in [0.29, 0.717) is 6.42 Å². The van der Waals surface area contributed by atoms with Gasteiger partial charge in [-0.15, -0.1) is 0 Å². The number of esters is 1. The van der Waals surface area contributed by atoms with Crippen molar-refractivity contribution in [1.29, 1.82) is 0 Å². The number of nitrogens with zero attached hydrogens (tertiary/aromatic N) is 2. The molecule has 0 saturated carbocycles. The lowest BCUT2D eigenvalue weighted by molar-refractivity contribution is -0.185. The average Bonchev–Trinajstić information content (AvgIpc) is 3.51. The van der Waals surface area contributed by atoms with Crippen LogP contribution in [0.1, 0.15) is 95.9 Å². The van der Waals surface area contributed by atoms with E-state index in [0.717, 1.165) is 33.4 Å². The molecule has 5 rings (SSSR count). The van der Waals surface area contributed by atoms with E-state index in [-0.39, 0.29) is 56.1 Å². The van der Waals surface area contributed by atoms with E-state index >= 15 is 4.79 Å². The standard InChI is InChI=1S/C49H59N3O6/c1-34(2)29-30-45(53)52(44(47(55)58-49(5,6)7)28-18-23-36-19-10-8-11-20-36)51(32-35(3)4)46(54)43(31-37-21-12-9-13-22-37)50-48(56)57-33-42-40-26-16-14-24-38(40)39-25-15-17-27-41(39)42/h8-27,34-35,42-44H,28-33H2,1-7H3,(H,50,56)/t43-,44+/m1/s1. The molecular weight excluding hydrogens is 727 g/mol. The number of nitrogens with one attached hydrogen (secondary N) is 1. The van der Waals surface area contributed by atoms with E-state index in [1.54, 1.807) is 20.8 Å². The number of fused-ring (bicyclic) bond motifs is 3. The van der Waals surface area contributed by atoms with Gasteiger partial charge in [0.05, 0.1) is 0 Å². The highest BCUT2D eigenvalue weighted by molar-refractivity contribution is 5.91. The fraction of sp³-hybridized carbons (Fsp3) is 0.388. The fourth-order valence-corrected chi connectivity index (χ4v) is 7.21. The smallest absolute Gasteiger partial charge is 0.407 e. The van der Waals surface area contributed by atoms with Gasteiger partial charge in [-0.05, 0) is 78.8 Å². The molecule has 0 fully saturated rings. The van der Waals surface area contributed by atoms with Crippen molar-refractivity contribution < 1.29 is 28.7 Å². The van der Waals surface area contributed by atoms with E-state index < -0.39 is 35.7 Å². The Bertz CT molecular complexity index is 1980. The van der Waals surface area contributed by atoms with Crippen LogP contribution in [0.15, 0.2) is 115 Å². The third-order valence-electron chi connectivity index (χ3n) is 9.90. The fourth-order valence-electron chi connectivity index (χ4n) is 7.21. The Kier molecular flexibility index (Phi) is 15.1. The maximum atomic E-state index is 15.2. The molecule has 306 valence electrons. The average molecular weight is 786 g/mol. The van der Waals surface area contributed by atoms with Crippen molar-refractivity contribution in [1.82, 2.24) is 15.3 Å². The van der Waals surface area contributed by atoms with Crippen molar-refractivity contribution in [3.63, 3.8) is 0 Å². The highest BCUT2D eigenvalue weighted by atomic mass is 16.6. The van der Waals surface area contributed by atoms with Crippen molar-refractivity contribution >= 4 is 30.0 Å². The predicted molar refractivity (Wildman–Crippen MR) is 229 cm³/mol. The monoisotopic (exact) mass is 785 g/mol. The first-order valence-electron chi connectivity index (χ1n) is 20.4. The number of hydrogen-bond acceptors (Lipinski definition) is 6. The Balaban J connectivity index is 1.50. The second kappa shape index (κ2) is 20.1. The molecule has 1 aliphatic rings. The third kappa shape index (κ3) is 11.9. The van der Waals surface area contributed by atoms with Gasteiger partial charge >= 0.3 is 12.1 Å². The summed E-state index contributed by atoms with van der Waals surface area (Å²) in [5.41, 5.74) is 5.22. The molecule has 1 aliphatic carbocycles. The molecule has 2 atom stereocenters. The van der Waals surface area contributed by atoms with Crippen molar-refractivity contribution in [3.8, 4) is 11.1 Å². The number of ether oxygens (including phenoxy) is 2. The number of alkyl carbamates (subject to hydrolysis) is 1. The maximum absolute atomic E-state index is 15.2. The molecule has 9 nitrogen and oxygen atoms in total. The summed E-state index contributed by atoms with van der Waals surface area (Å²) in [6, 6.07) is 32.9. The molecule has 0 heterocycles. The highest BCUT2D eigenvalue weighted by Crippen LogP contribution is 2.44. The second-order valence-corrected chi connectivity index (χ2v) is 16.8. The molecular formula is C49H59N3O6. The Hall–Kier alpha value is -5.70. The first-order valence-corrected chi connectivity index (χ1v) is 20.4. The van der Waals surface area contributed by atoms with E-state index in [1.165, 1.54) is 10.0 Å². The first kappa shape index (κ1) is 43.4. The van der Waals surface area contributed by atoms with Gasteiger partial charge in [-0.1, -0.05) is 149 Å². The van der Waals surface area contributed by atoms with Crippen LogP contribution in [0.25, 0.3) is 17.2 Å². The normalized spacial score (nSPS) is 13.5. The topological polar surface area (TPSA) is 105 Å². The lowest BCUT2D eigenvalue weighted by atomic mass is 9.98. The summed E-state index contributed by atoms with van der Waals surface area (Å²) in [4.78, 5) is 57.9. The summed E-state index contributed by atoms with van der Waals surface area (Å²) in [6.45, 7) is 13.4. The zero-order valence-corrected chi connectivity index (χ0v) is 35.0. The lowest BCUT2D eigenvalue weighted by Gasteiger charge is -2.42. The van der Waals surface area contributed by atoms with E-state index in [9.17, 15) is 14.4 Å². The zero-order chi connectivity index (χ0) is 41.8. The minimum absolute atomic E-state index is 0.0656. The van der Waals surface area contributed by atoms with Crippen LogP contribution in [0.5, 0.6) is 0 Å². The summed E-state index contributed by atoms with van der Waals surface area (Å²) >= 11 is 0. The molecule has 9 heteroatoms. The number of amides is 3. The van der Waals surface area contributed by atoms with Crippen LogP contribution in [0.2, 0.25) is 0 Å². The van der Waals surface area contributed by atoms with Crippen LogP contribution in [0.4, 0.5) is 4.79 Å². The van der Waals surface area contributed by atoms with Crippen molar-refractivity contribution in [2.45, 2.75) is 97.8 Å². The van der Waals surface area contributed by atoms with Crippen LogP contribution >= 0.6 is 0 Å². The summed E-state index contributed by atoms with van der Waals surface area (Å²) in [6.07, 6.45) is 3.82. The number of benzene rings is 4. The van der Waals surface area contributed by atoms with Gasteiger partial charge in [-0.2, -0.15) is 0 Å². The molecule has 0 aromatic heterocycles. The van der Waals surface area contributed by atoms with Crippen LogP contribution in [-0.2, 0) is 30.3 Å². The molecule has 1 N–H and O–H groups in total. The van der Waals surface area contributed by atoms with Gasteiger partial charge in [-0.25, -0.2) is 19.6 Å². The Morgan fingerprint density at radius 2 is 1.33 bits per heavy atom. The Morgan fingerprint density at radius 3 is 1.90 bits per heavy atom. The van der Waals surface area contributed by atoms with Crippen LogP contribution in [-0.4, -0.2) is 64.7 Å². The van der Waals surface area contributed by atoms with Gasteiger partial charge in [0.25, 0.3) is 5.91 Å². The zero-order valence-electron chi connectivity index (χ0n) is 35.0. The van der Waals surface area contributed by atoms with Gasteiger partial charge in [0.2, 0.25) is 5.91 Å². The predicted octanol–water partition coefficient (Wildman–Crippen LogP) is 9.61. The quantitative estimate of drug-likeness (QED) is 0.0897.